The van der Waals surface area contributed by atoms with Gasteiger partial charge in [0.25, 0.3) is 0 Å². The van der Waals surface area contributed by atoms with E-state index >= 15 is 0 Å². The third kappa shape index (κ3) is 7.41. The number of aromatic nitrogens is 1. The number of hydrogen-bond donors (Lipinski definition) is 0. The highest BCUT2D eigenvalue weighted by Gasteiger charge is 2.19. The van der Waals surface area contributed by atoms with E-state index < -0.39 is 0 Å². The summed E-state index contributed by atoms with van der Waals surface area (Å²) in [6, 6.07) is 19.6. The van der Waals surface area contributed by atoms with E-state index in [0.717, 1.165) is 49.6 Å². The Kier molecular flexibility index (Phi) is 9.92. The summed E-state index contributed by atoms with van der Waals surface area (Å²) in [5.74, 6) is 1.64. The minimum Gasteiger partial charge on any atom is -0.491 e. The molecule has 0 N–H and O–H groups in total. The second-order valence-electron chi connectivity index (χ2n) is 10.3. The fraction of sp³-hybridized carbons (Fsp3) is 0.469. The number of rotatable bonds is 12. The molecule has 3 rings (SSSR count). The highest BCUT2D eigenvalue weighted by molar-refractivity contribution is 5.70. The second kappa shape index (κ2) is 12.9. The molecule has 35 heavy (non-hydrogen) atoms. The van der Waals surface area contributed by atoms with Crippen molar-refractivity contribution in [1.82, 2.24) is 9.88 Å². The Morgan fingerprint density at radius 1 is 0.857 bits per heavy atom. The van der Waals surface area contributed by atoms with Gasteiger partial charge in [-0.25, -0.2) is 0 Å². The molecule has 0 spiro atoms. The van der Waals surface area contributed by atoms with Crippen LogP contribution < -0.4 is 4.74 Å². The normalized spacial score (nSPS) is 11.6. The summed E-state index contributed by atoms with van der Waals surface area (Å²) in [5, 5.41) is 0. The molecule has 0 aliphatic carbocycles. The van der Waals surface area contributed by atoms with E-state index in [9.17, 15) is 0 Å². The number of benzene rings is 2. The lowest BCUT2D eigenvalue weighted by Gasteiger charge is -2.26. The Labute approximate surface area is 213 Å². The van der Waals surface area contributed by atoms with E-state index in [4.69, 9.17) is 9.72 Å². The van der Waals surface area contributed by atoms with Gasteiger partial charge in [0, 0.05) is 36.0 Å². The SMILES string of the molecule is CCc1cccc(CC)c1-c1cc(OC(C)C)c(CN(CCC(C)C)Cc2ccccc2)c(C)n1. The molecule has 0 aliphatic heterocycles. The van der Waals surface area contributed by atoms with Crippen LogP contribution in [-0.4, -0.2) is 22.5 Å². The Bertz CT molecular complexity index is 1050. The van der Waals surface area contributed by atoms with Crippen LogP contribution >= 0.6 is 0 Å². The van der Waals surface area contributed by atoms with Crippen molar-refractivity contribution < 1.29 is 4.74 Å². The number of nitrogens with zero attached hydrogens (tertiary/aromatic N) is 2. The monoisotopic (exact) mass is 472 g/mol. The van der Waals surface area contributed by atoms with Gasteiger partial charge in [-0.15, -0.1) is 0 Å². The topological polar surface area (TPSA) is 25.4 Å². The first-order valence-electron chi connectivity index (χ1n) is 13.4. The molecule has 1 aromatic heterocycles. The molecule has 3 aromatic rings. The fourth-order valence-electron chi connectivity index (χ4n) is 4.64. The van der Waals surface area contributed by atoms with E-state index in [1.54, 1.807) is 0 Å². The maximum absolute atomic E-state index is 6.45. The first kappa shape index (κ1) is 26.9. The highest BCUT2D eigenvalue weighted by atomic mass is 16.5. The number of hydrogen-bond acceptors (Lipinski definition) is 3. The maximum Gasteiger partial charge on any atom is 0.128 e. The molecule has 3 heteroatoms. The van der Waals surface area contributed by atoms with Crippen molar-refractivity contribution >= 4 is 0 Å². The summed E-state index contributed by atoms with van der Waals surface area (Å²) in [5.41, 5.74) is 8.62. The average molecular weight is 473 g/mol. The molecule has 0 saturated heterocycles. The van der Waals surface area contributed by atoms with Crippen molar-refractivity contribution in [3.8, 4) is 17.0 Å². The number of pyridine rings is 1. The molecular formula is C32H44N2O. The van der Waals surface area contributed by atoms with Crippen LogP contribution in [0.5, 0.6) is 5.75 Å². The van der Waals surface area contributed by atoms with E-state index in [1.807, 2.05) is 0 Å². The lowest BCUT2D eigenvalue weighted by Crippen LogP contribution is -2.26. The predicted octanol–water partition coefficient (Wildman–Crippen LogP) is 8.02. The zero-order valence-electron chi connectivity index (χ0n) is 22.9. The number of aryl methyl sites for hydroxylation is 3. The Hall–Kier alpha value is -2.65. The van der Waals surface area contributed by atoms with Crippen molar-refractivity contribution in [2.24, 2.45) is 5.92 Å². The van der Waals surface area contributed by atoms with Gasteiger partial charge in [0.15, 0.2) is 0 Å². The van der Waals surface area contributed by atoms with Gasteiger partial charge in [-0.3, -0.25) is 9.88 Å². The van der Waals surface area contributed by atoms with Crippen LogP contribution in [0.1, 0.15) is 75.9 Å². The zero-order chi connectivity index (χ0) is 25.4. The van der Waals surface area contributed by atoms with Crippen molar-refractivity contribution in [1.29, 1.82) is 0 Å². The van der Waals surface area contributed by atoms with Crippen molar-refractivity contribution in [2.45, 2.75) is 86.9 Å². The minimum atomic E-state index is 0.105. The molecule has 0 saturated carbocycles. The molecule has 0 aliphatic rings. The van der Waals surface area contributed by atoms with Gasteiger partial charge in [0.2, 0.25) is 0 Å². The maximum atomic E-state index is 6.45. The van der Waals surface area contributed by atoms with Crippen LogP contribution in [0.15, 0.2) is 54.6 Å². The largest absolute Gasteiger partial charge is 0.491 e. The van der Waals surface area contributed by atoms with Crippen molar-refractivity contribution in [3.05, 3.63) is 82.5 Å². The third-order valence-corrected chi connectivity index (χ3v) is 6.56. The Morgan fingerprint density at radius 3 is 2.09 bits per heavy atom. The van der Waals surface area contributed by atoms with E-state index in [-0.39, 0.29) is 6.10 Å². The standard InChI is InChI=1S/C32H44N2O/c1-8-27-16-13-17-28(9-2)32(27)30-20-31(35-24(5)6)29(25(7)33-30)22-34(19-18-23(3)4)21-26-14-11-10-12-15-26/h10-17,20,23-24H,8-9,18-19,21-22H2,1-7H3. The van der Waals surface area contributed by atoms with Gasteiger partial charge in [0.05, 0.1) is 11.8 Å². The molecule has 1 heterocycles. The molecule has 3 nitrogen and oxygen atoms in total. The van der Waals surface area contributed by atoms with Gasteiger partial charge in [0.1, 0.15) is 5.75 Å². The van der Waals surface area contributed by atoms with Crippen LogP contribution in [0.25, 0.3) is 11.3 Å². The van der Waals surface area contributed by atoms with Gasteiger partial charge in [-0.05, 0) is 69.2 Å². The van der Waals surface area contributed by atoms with Crippen LogP contribution in [-0.2, 0) is 25.9 Å². The van der Waals surface area contributed by atoms with Crippen LogP contribution in [0.2, 0.25) is 0 Å². The second-order valence-corrected chi connectivity index (χ2v) is 10.3. The predicted molar refractivity (Wildman–Crippen MR) is 149 cm³/mol. The fourth-order valence-corrected chi connectivity index (χ4v) is 4.64. The number of ether oxygens (including phenoxy) is 1. The molecule has 0 bridgehead atoms. The average Bonchev–Trinajstić information content (AvgIpc) is 2.83. The molecule has 0 radical (unpaired) electrons. The summed E-state index contributed by atoms with van der Waals surface area (Å²) < 4.78 is 6.45. The summed E-state index contributed by atoms with van der Waals surface area (Å²) in [6.07, 6.45) is 3.26. The molecule has 0 fully saturated rings. The molecule has 188 valence electrons. The Balaban J connectivity index is 2.03. The summed E-state index contributed by atoms with van der Waals surface area (Å²) >= 11 is 0. The van der Waals surface area contributed by atoms with E-state index in [0.29, 0.717) is 5.92 Å². The quantitative estimate of drug-likeness (QED) is 0.267. The summed E-state index contributed by atoms with van der Waals surface area (Å²) in [6.45, 7) is 18.2. The lowest BCUT2D eigenvalue weighted by molar-refractivity contribution is 0.217. The summed E-state index contributed by atoms with van der Waals surface area (Å²) in [4.78, 5) is 7.72. The van der Waals surface area contributed by atoms with Crippen LogP contribution in [0.3, 0.4) is 0 Å². The molecule has 0 amide bonds. The molecule has 2 aromatic carbocycles. The van der Waals surface area contributed by atoms with Crippen molar-refractivity contribution in [2.75, 3.05) is 6.54 Å². The first-order chi connectivity index (χ1) is 16.8. The Morgan fingerprint density at radius 2 is 1.51 bits per heavy atom. The van der Waals surface area contributed by atoms with Crippen LogP contribution in [0, 0.1) is 12.8 Å². The van der Waals surface area contributed by atoms with Crippen LogP contribution in [0.4, 0.5) is 0 Å². The zero-order valence-corrected chi connectivity index (χ0v) is 22.9. The lowest BCUT2D eigenvalue weighted by atomic mass is 9.94. The van der Waals surface area contributed by atoms with Gasteiger partial charge in [-0.2, -0.15) is 0 Å². The molecule has 0 unspecified atom stereocenters. The van der Waals surface area contributed by atoms with E-state index in [2.05, 4.69) is 108 Å². The highest BCUT2D eigenvalue weighted by Crippen LogP contribution is 2.34. The third-order valence-electron chi connectivity index (χ3n) is 6.56. The molecular weight excluding hydrogens is 428 g/mol. The van der Waals surface area contributed by atoms with Gasteiger partial charge < -0.3 is 4.74 Å². The molecule has 0 atom stereocenters. The van der Waals surface area contributed by atoms with Gasteiger partial charge in [-0.1, -0.05) is 76.2 Å². The minimum absolute atomic E-state index is 0.105. The summed E-state index contributed by atoms with van der Waals surface area (Å²) in [7, 11) is 0. The first-order valence-corrected chi connectivity index (χ1v) is 13.4. The van der Waals surface area contributed by atoms with E-state index in [1.165, 1.54) is 34.2 Å². The van der Waals surface area contributed by atoms with Gasteiger partial charge >= 0.3 is 0 Å². The smallest absolute Gasteiger partial charge is 0.128 e. The van der Waals surface area contributed by atoms with Crippen molar-refractivity contribution in [3.63, 3.8) is 0 Å².